The van der Waals surface area contributed by atoms with Crippen molar-refractivity contribution in [2.75, 3.05) is 11.9 Å². The maximum atomic E-state index is 14.5. The predicted octanol–water partition coefficient (Wildman–Crippen LogP) is 7.15. The van der Waals surface area contributed by atoms with E-state index < -0.39 is 53.1 Å². The Kier molecular flexibility index (Phi) is 11.1. The summed E-state index contributed by atoms with van der Waals surface area (Å²) in [6, 6.07) is 16.5. The van der Waals surface area contributed by atoms with Gasteiger partial charge in [0.15, 0.2) is 0 Å². The van der Waals surface area contributed by atoms with Crippen LogP contribution in [0.2, 0.25) is 0 Å². The maximum absolute atomic E-state index is 14.5. The minimum Gasteiger partial charge on any atom is -0.465 e. The first-order chi connectivity index (χ1) is 26.0. The largest absolute Gasteiger partial charge is 0.465 e. The molecule has 54 heavy (non-hydrogen) atoms. The number of hydrogen-bond acceptors (Lipinski definition) is 8. The molecule has 2 aliphatic heterocycles. The summed E-state index contributed by atoms with van der Waals surface area (Å²) in [5.41, 5.74) is 2.11. The van der Waals surface area contributed by atoms with Crippen LogP contribution in [-0.4, -0.2) is 57.9 Å². The first-order valence-corrected chi connectivity index (χ1v) is 19.1. The molecule has 2 saturated heterocycles. The number of anilines is 1. The third-order valence-electron chi connectivity index (χ3n) is 10.4. The molecule has 7 rings (SSSR count). The Morgan fingerprint density at radius 3 is 2.48 bits per heavy atom. The Morgan fingerprint density at radius 2 is 1.72 bits per heavy atom. The summed E-state index contributed by atoms with van der Waals surface area (Å²) in [6.07, 6.45) is 1.12. The van der Waals surface area contributed by atoms with Crippen LogP contribution in [0.4, 0.5) is 23.2 Å². The van der Waals surface area contributed by atoms with Crippen molar-refractivity contribution in [2.45, 2.75) is 94.3 Å². The molecule has 1 aromatic heterocycles. The fraction of sp³-hybridized carbons (Fsp3) is 0.436. The van der Waals surface area contributed by atoms with Gasteiger partial charge >= 0.3 is 6.18 Å². The lowest BCUT2D eigenvalue weighted by molar-refractivity contribution is -0.143. The van der Waals surface area contributed by atoms with Crippen LogP contribution in [0.5, 0.6) is 5.19 Å². The highest BCUT2D eigenvalue weighted by Crippen LogP contribution is 2.48. The number of hydrogen-bond donors (Lipinski definition) is 3. The van der Waals surface area contributed by atoms with Gasteiger partial charge in [0.05, 0.1) is 28.9 Å². The Morgan fingerprint density at radius 1 is 0.981 bits per heavy atom. The van der Waals surface area contributed by atoms with Crippen LogP contribution < -0.4 is 20.9 Å². The van der Waals surface area contributed by atoms with Gasteiger partial charge < -0.3 is 20.3 Å². The van der Waals surface area contributed by atoms with Crippen molar-refractivity contribution in [1.82, 2.24) is 20.7 Å². The summed E-state index contributed by atoms with van der Waals surface area (Å²) in [5.74, 6) is -1.91. The number of hydroxylamine groups is 1. The van der Waals surface area contributed by atoms with Crippen LogP contribution >= 0.6 is 11.3 Å². The van der Waals surface area contributed by atoms with E-state index in [1.54, 1.807) is 6.07 Å². The van der Waals surface area contributed by atoms with E-state index in [1.807, 2.05) is 30.3 Å². The highest BCUT2D eigenvalue weighted by atomic mass is 32.1. The van der Waals surface area contributed by atoms with E-state index in [-0.39, 0.29) is 31.4 Å². The number of amides is 3. The van der Waals surface area contributed by atoms with Crippen molar-refractivity contribution in [3.63, 3.8) is 0 Å². The van der Waals surface area contributed by atoms with Crippen LogP contribution in [0.15, 0.2) is 72.8 Å². The van der Waals surface area contributed by atoms with Gasteiger partial charge in [-0.25, -0.2) is 14.9 Å². The second-order valence-electron chi connectivity index (χ2n) is 14.3. The van der Waals surface area contributed by atoms with Gasteiger partial charge in [-0.2, -0.15) is 13.2 Å². The van der Waals surface area contributed by atoms with Crippen LogP contribution in [0.1, 0.15) is 68.9 Å². The molecule has 1 aliphatic carbocycles. The van der Waals surface area contributed by atoms with Crippen LogP contribution in [0.25, 0.3) is 10.2 Å². The first-order valence-electron chi connectivity index (χ1n) is 18.2. The average Bonchev–Trinajstić information content (AvgIpc) is 3.44. The number of benzene rings is 3. The molecule has 5 atom stereocenters. The Hall–Kier alpha value is -4.76. The number of nitrogens with zero attached hydrogens (tertiary/aromatic N) is 2. The molecule has 0 bridgehead atoms. The number of carbonyl (C=O) groups is 3. The van der Waals surface area contributed by atoms with Crippen LogP contribution in [0, 0.1) is 11.7 Å². The van der Waals surface area contributed by atoms with Crippen molar-refractivity contribution < 1.29 is 41.5 Å². The van der Waals surface area contributed by atoms with Crippen molar-refractivity contribution >= 4 is 45.0 Å². The molecule has 0 radical (unpaired) electrons. The fourth-order valence-corrected chi connectivity index (χ4v) is 8.35. The van der Waals surface area contributed by atoms with Crippen molar-refractivity contribution in [3.8, 4) is 5.19 Å². The van der Waals surface area contributed by atoms with Gasteiger partial charge in [0.2, 0.25) is 11.8 Å². The third-order valence-corrected chi connectivity index (χ3v) is 11.4. The van der Waals surface area contributed by atoms with Crippen LogP contribution in [-0.2, 0) is 32.0 Å². The Labute approximate surface area is 313 Å². The summed E-state index contributed by atoms with van der Waals surface area (Å²) >= 11 is 1.17. The molecule has 3 amide bonds. The normalized spacial score (nSPS) is 25.1. The van der Waals surface area contributed by atoms with E-state index in [2.05, 4.69) is 21.1 Å². The van der Waals surface area contributed by atoms with Crippen molar-refractivity contribution in [1.29, 1.82) is 0 Å². The lowest BCUT2D eigenvalue weighted by atomic mass is 10.0. The molecule has 3 N–H and O–H groups in total. The number of rotatable bonds is 8. The predicted molar refractivity (Wildman–Crippen MR) is 194 cm³/mol. The minimum absolute atomic E-state index is 0.0903. The molecule has 15 heteroatoms. The molecule has 3 aliphatic rings. The van der Waals surface area contributed by atoms with Crippen LogP contribution in [0.3, 0.4) is 0 Å². The van der Waals surface area contributed by atoms with E-state index in [4.69, 9.17) is 9.57 Å². The molecule has 4 aromatic rings. The van der Waals surface area contributed by atoms with Gasteiger partial charge in [0.1, 0.15) is 29.5 Å². The molecule has 3 aromatic carbocycles. The maximum Gasteiger partial charge on any atom is 0.416 e. The topological polar surface area (TPSA) is 122 Å². The summed E-state index contributed by atoms with van der Waals surface area (Å²) in [6.45, 7) is -0.0935. The van der Waals surface area contributed by atoms with Gasteiger partial charge in [-0.15, -0.1) is 0 Å². The average molecular weight is 768 g/mol. The zero-order chi connectivity index (χ0) is 37.9. The number of para-hydroxylation sites is 1. The SMILES string of the molecule is O=C1N[C@]2(C(=O)NOCc3ccc(C(F)(F)F)cc3)C[C@H]2CCCCCCC[C@H](Nc2ccccc2)C(=O)N2C[C@H](Oc3nc4ccc(F)cc4s3)C[C@@H]12. The van der Waals surface area contributed by atoms with Crippen molar-refractivity contribution in [2.24, 2.45) is 5.92 Å². The van der Waals surface area contributed by atoms with Gasteiger partial charge in [-0.3, -0.25) is 19.2 Å². The van der Waals surface area contributed by atoms with Gasteiger partial charge in [0.25, 0.3) is 11.1 Å². The molecular weight excluding hydrogens is 727 g/mol. The summed E-state index contributed by atoms with van der Waals surface area (Å²) in [5, 5.41) is 6.67. The van der Waals surface area contributed by atoms with E-state index in [1.165, 1.54) is 40.5 Å². The monoisotopic (exact) mass is 767 g/mol. The highest BCUT2D eigenvalue weighted by Gasteiger charge is 2.61. The lowest BCUT2D eigenvalue weighted by Gasteiger charge is -2.30. The third kappa shape index (κ3) is 8.62. The molecule has 0 unspecified atom stereocenters. The smallest absolute Gasteiger partial charge is 0.416 e. The van der Waals surface area contributed by atoms with Gasteiger partial charge in [-0.05, 0) is 73.2 Å². The number of alkyl halides is 3. The lowest BCUT2D eigenvalue weighted by Crippen LogP contribution is -2.57. The number of carbonyl (C=O) groups excluding carboxylic acids is 3. The minimum atomic E-state index is -4.47. The number of ether oxygens (including phenoxy) is 1. The number of aromatic nitrogens is 1. The molecule has 0 spiro atoms. The quantitative estimate of drug-likeness (QED) is 0.129. The fourth-order valence-electron chi connectivity index (χ4n) is 7.44. The van der Waals surface area contributed by atoms with E-state index >= 15 is 0 Å². The van der Waals surface area contributed by atoms with E-state index in [0.29, 0.717) is 40.2 Å². The van der Waals surface area contributed by atoms with E-state index in [9.17, 15) is 31.9 Å². The molecule has 3 heterocycles. The van der Waals surface area contributed by atoms with Gasteiger partial charge in [-0.1, -0.05) is 73.8 Å². The molecule has 286 valence electrons. The van der Waals surface area contributed by atoms with Gasteiger partial charge in [0, 0.05) is 12.1 Å². The first kappa shape index (κ1) is 37.6. The second kappa shape index (κ2) is 15.9. The molecule has 1 saturated carbocycles. The molecular formula is C39H41F4N5O5S. The highest BCUT2D eigenvalue weighted by molar-refractivity contribution is 7.20. The number of fused-ring (bicyclic) bond motifs is 3. The van der Waals surface area contributed by atoms with E-state index in [0.717, 1.165) is 49.9 Å². The number of nitrogens with one attached hydrogen (secondary N) is 3. The molecule has 10 nitrogen and oxygen atoms in total. The zero-order valence-corrected chi connectivity index (χ0v) is 30.2. The van der Waals surface area contributed by atoms with Crippen molar-refractivity contribution in [3.05, 3.63) is 89.7 Å². The zero-order valence-electron chi connectivity index (χ0n) is 29.4. The standard InChI is InChI=1S/C39H41F4N5O5S/c40-27-17-18-30-33(19-27)54-37(45-30)53-29-20-32-34(49)46-38(36(51)47-52-23-24-13-15-25(16-14-24)39(41,42)43)21-26(38)9-5-2-1-3-8-12-31(35(50)48(32)22-29)44-28-10-6-4-7-11-28/h4,6-7,10-11,13-19,26,29,31-32,44H,1-3,5,8-9,12,20-23H2,(H,46,49)(H,47,51)/t26-,29-,31+,32+,38-/m1/s1. The molecule has 3 fully saturated rings. The number of thiazole rings is 1. The summed E-state index contributed by atoms with van der Waals surface area (Å²) < 4.78 is 59.8. The Bertz CT molecular complexity index is 1960. The Balaban J connectivity index is 1.11. The summed E-state index contributed by atoms with van der Waals surface area (Å²) in [7, 11) is 0. The number of halogens is 4. The second-order valence-corrected chi connectivity index (χ2v) is 15.3. The summed E-state index contributed by atoms with van der Waals surface area (Å²) in [4.78, 5) is 54.0.